The van der Waals surface area contributed by atoms with Crippen LogP contribution in [0.25, 0.3) is 10.2 Å². The van der Waals surface area contributed by atoms with Gasteiger partial charge in [0.25, 0.3) is 11.1 Å². The SMILES string of the molecule is Cc1ccc2nc(O[C@@H]3C[C@H]4C(=O)N[C@]5(C(=O)NS(=O)(=O)C6(C)CC6)C[C@H]5CCCCCCC[C@H](NCc5ccccc5)C(O)N4C3)sc2c1. The topological polar surface area (TPSA) is 150 Å². The molecule has 1 unspecified atom stereocenters. The highest BCUT2D eigenvalue weighted by atomic mass is 32.2. The van der Waals surface area contributed by atoms with Crippen molar-refractivity contribution in [3.63, 3.8) is 0 Å². The number of aromatic nitrogens is 1. The standard InChI is InChI=1S/C37H49N5O6S2/c1-24-15-16-28-31(19-24)49-35(39-28)48-27-20-30-32(43)40-37(34(45)41-50(46,47)36(2)17-18-36)21-26(37)13-9-4-3-5-10-14-29(33(44)42(30)23-27)38-22-25-11-7-6-8-12-25/h6-8,11-12,15-16,19,26-27,29-30,33,38,44H,3-5,9-10,13-14,17-18,20-23H2,1-2H3,(H,40,43)(H,41,45)/t26-,27-,29+,30+,33?,37-/m1/s1. The summed E-state index contributed by atoms with van der Waals surface area (Å²) in [6.45, 7) is 4.53. The van der Waals surface area contributed by atoms with Crippen LogP contribution in [0, 0.1) is 12.8 Å². The summed E-state index contributed by atoms with van der Waals surface area (Å²) in [7, 11) is -3.89. The molecule has 0 radical (unpaired) electrons. The Balaban J connectivity index is 1.15. The first-order chi connectivity index (χ1) is 24.0. The van der Waals surface area contributed by atoms with Gasteiger partial charge in [-0.2, -0.15) is 0 Å². The largest absolute Gasteiger partial charge is 0.465 e. The van der Waals surface area contributed by atoms with Crippen molar-refractivity contribution in [2.75, 3.05) is 6.54 Å². The van der Waals surface area contributed by atoms with Crippen LogP contribution in [0.3, 0.4) is 0 Å². The van der Waals surface area contributed by atoms with E-state index in [1.54, 1.807) is 11.8 Å². The fraction of sp³-hybridized carbons (Fsp3) is 0.595. The lowest BCUT2D eigenvalue weighted by molar-refractivity contribution is -0.135. The highest BCUT2D eigenvalue weighted by Crippen LogP contribution is 2.49. The maximum absolute atomic E-state index is 14.4. The summed E-state index contributed by atoms with van der Waals surface area (Å²) in [6, 6.07) is 15.0. The van der Waals surface area contributed by atoms with Gasteiger partial charge in [0.15, 0.2) is 0 Å². The highest BCUT2D eigenvalue weighted by Gasteiger charge is 2.63. The number of nitrogens with one attached hydrogen (secondary N) is 3. The molecule has 2 aromatic carbocycles. The molecule has 6 atom stereocenters. The number of thiazole rings is 1. The number of rotatable bonds is 8. The monoisotopic (exact) mass is 723 g/mol. The zero-order valence-corrected chi connectivity index (χ0v) is 30.5. The van der Waals surface area contributed by atoms with Crippen molar-refractivity contribution in [1.29, 1.82) is 0 Å². The van der Waals surface area contributed by atoms with Crippen LogP contribution in [0.15, 0.2) is 48.5 Å². The minimum Gasteiger partial charge on any atom is -0.465 e. The summed E-state index contributed by atoms with van der Waals surface area (Å²) in [5.41, 5.74) is 1.76. The van der Waals surface area contributed by atoms with Gasteiger partial charge in [0, 0.05) is 25.6 Å². The van der Waals surface area contributed by atoms with E-state index in [1.807, 2.05) is 49.4 Å². The molecule has 4 fully saturated rings. The molecule has 0 bridgehead atoms. The smallest absolute Gasteiger partial charge is 0.274 e. The molecule has 4 N–H and O–H groups in total. The van der Waals surface area contributed by atoms with Crippen LogP contribution in [0.5, 0.6) is 5.19 Å². The molecule has 11 nitrogen and oxygen atoms in total. The van der Waals surface area contributed by atoms with Crippen molar-refractivity contribution in [2.24, 2.45) is 5.92 Å². The second kappa shape index (κ2) is 14.1. The van der Waals surface area contributed by atoms with Gasteiger partial charge in [-0.25, -0.2) is 13.4 Å². The lowest BCUT2D eigenvalue weighted by Gasteiger charge is -2.35. The van der Waals surface area contributed by atoms with Crippen molar-refractivity contribution in [2.45, 2.75) is 126 Å². The van der Waals surface area contributed by atoms with E-state index < -0.39 is 50.5 Å². The maximum atomic E-state index is 14.4. The van der Waals surface area contributed by atoms with Gasteiger partial charge >= 0.3 is 0 Å². The van der Waals surface area contributed by atoms with E-state index in [2.05, 4.69) is 26.4 Å². The van der Waals surface area contributed by atoms with E-state index in [0.717, 1.165) is 66.3 Å². The van der Waals surface area contributed by atoms with Crippen LogP contribution in [0.4, 0.5) is 0 Å². The van der Waals surface area contributed by atoms with Crippen molar-refractivity contribution in [1.82, 2.24) is 25.2 Å². The molecule has 3 heterocycles. The van der Waals surface area contributed by atoms with E-state index >= 15 is 0 Å². The lowest BCUT2D eigenvalue weighted by Crippen LogP contribution is -2.59. The zero-order valence-electron chi connectivity index (χ0n) is 28.9. The van der Waals surface area contributed by atoms with Gasteiger partial charge in [0.1, 0.15) is 17.9 Å². The number of ether oxygens (including phenoxy) is 1. The molecular weight excluding hydrogens is 675 g/mol. The van der Waals surface area contributed by atoms with E-state index in [1.165, 1.54) is 11.3 Å². The molecule has 2 aliphatic carbocycles. The van der Waals surface area contributed by atoms with Gasteiger partial charge in [0.2, 0.25) is 15.9 Å². The van der Waals surface area contributed by atoms with Crippen molar-refractivity contribution >= 4 is 43.4 Å². The Morgan fingerprint density at radius 1 is 1.10 bits per heavy atom. The average Bonchev–Trinajstić information content (AvgIpc) is 3.90. The number of aliphatic hydroxyl groups excluding tert-OH is 1. The molecule has 4 aliphatic rings. The average molecular weight is 724 g/mol. The van der Waals surface area contributed by atoms with Crippen molar-refractivity contribution < 1.29 is 27.9 Å². The summed E-state index contributed by atoms with van der Waals surface area (Å²) >= 11 is 1.45. The third-order valence-electron chi connectivity index (χ3n) is 11.3. The second-order valence-corrected chi connectivity index (χ2v) is 18.3. The van der Waals surface area contributed by atoms with Gasteiger partial charge in [-0.05, 0) is 75.1 Å². The summed E-state index contributed by atoms with van der Waals surface area (Å²) in [6.07, 6.45) is 6.51. The third-order valence-corrected chi connectivity index (χ3v) is 14.3. The van der Waals surface area contributed by atoms with Crippen LogP contribution in [-0.2, 0) is 26.2 Å². The molecule has 7 rings (SSSR count). The van der Waals surface area contributed by atoms with Crippen molar-refractivity contribution in [3.8, 4) is 5.19 Å². The third kappa shape index (κ3) is 7.43. The number of nitrogens with zero attached hydrogens (tertiary/aromatic N) is 2. The molecule has 2 saturated carbocycles. The van der Waals surface area contributed by atoms with Gasteiger partial charge in [-0.15, -0.1) is 0 Å². The number of amides is 2. The van der Waals surface area contributed by atoms with Crippen LogP contribution in [0.2, 0.25) is 0 Å². The molecule has 0 spiro atoms. The Labute approximate surface area is 298 Å². The molecular formula is C37H49N5O6S2. The quantitative estimate of drug-likeness (QED) is 0.263. The number of hydrogen-bond acceptors (Lipinski definition) is 10. The van der Waals surface area contributed by atoms with Crippen LogP contribution in [-0.4, -0.2) is 76.5 Å². The molecule has 3 aromatic rings. The fourth-order valence-corrected chi connectivity index (χ4v) is 9.92. The Kier molecular flexibility index (Phi) is 9.98. The van der Waals surface area contributed by atoms with Gasteiger partial charge < -0.3 is 20.5 Å². The summed E-state index contributed by atoms with van der Waals surface area (Å²) in [5.74, 6) is -1.21. The van der Waals surface area contributed by atoms with Gasteiger partial charge in [0.05, 0.1) is 21.0 Å². The maximum Gasteiger partial charge on any atom is 0.274 e. The Morgan fingerprint density at radius 2 is 1.84 bits per heavy atom. The van der Waals surface area contributed by atoms with Crippen LogP contribution < -0.4 is 20.1 Å². The first-order valence-electron chi connectivity index (χ1n) is 18.1. The molecule has 2 amide bonds. The Hall–Kier alpha value is -3.10. The van der Waals surface area contributed by atoms with E-state index in [4.69, 9.17) is 4.74 Å². The second-order valence-electron chi connectivity index (χ2n) is 15.1. The van der Waals surface area contributed by atoms with Gasteiger partial charge in [-0.1, -0.05) is 79.8 Å². The number of sulfonamides is 1. The van der Waals surface area contributed by atoms with Crippen LogP contribution >= 0.6 is 11.3 Å². The zero-order chi connectivity index (χ0) is 35.1. The number of aryl methyl sites for hydroxylation is 1. The summed E-state index contributed by atoms with van der Waals surface area (Å²) in [4.78, 5) is 34.7. The number of hydrogen-bond donors (Lipinski definition) is 4. The number of aliphatic hydroxyl groups is 1. The van der Waals surface area contributed by atoms with Gasteiger partial charge in [-0.3, -0.25) is 19.2 Å². The predicted molar refractivity (Wildman–Crippen MR) is 193 cm³/mol. The molecule has 270 valence electrons. The van der Waals surface area contributed by atoms with Crippen molar-refractivity contribution in [3.05, 3.63) is 59.7 Å². The number of carbonyl (C=O) groups excluding carboxylic acids is 2. The number of benzene rings is 2. The highest BCUT2D eigenvalue weighted by molar-refractivity contribution is 7.91. The predicted octanol–water partition coefficient (Wildman–Crippen LogP) is 4.52. The molecule has 2 saturated heterocycles. The normalized spacial score (nSPS) is 30.3. The number of fused-ring (bicyclic) bond motifs is 3. The first-order valence-corrected chi connectivity index (χ1v) is 20.4. The minimum absolute atomic E-state index is 0.155. The van der Waals surface area contributed by atoms with Crippen LogP contribution in [0.1, 0.15) is 88.7 Å². The Morgan fingerprint density at radius 3 is 2.60 bits per heavy atom. The summed E-state index contributed by atoms with van der Waals surface area (Å²) in [5, 5.41) is 19.2. The molecule has 13 heteroatoms. The molecule has 50 heavy (non-hydrogen) atoms. The fourth-order valence-electron chi connectivity index (χ4n) is 7.63. The first kappa shape index (κ1) is 35.3. The van der Waals surface area contributed by atoms with E-state index in [0.29, 0.717) is 31.0 Å². The Bertz CT molecular complexity index is 1810. The summed E-state index contributed by atoms with van der Waals surface area (Å²) < 4.78 is 35.1. The molecule has 2 aliphatic heterocycles. The van der Waals surface area contributed by atoms with E-state index in [9.17, 15) is 23.1 Å². The minimum atomic E-state index is -3.89. The van der Waals surface area contributed by atoms with E-state index in [-0.39, 0.29) is 24.9 Å². The lowest BCUT2D eigenvalue weighted by atomic mass is 10.0. The number of carbonyl (C=O) groups is 2. The molecule has 1 aromatic heterocycles.